The molecule has 1 aliphatic rings. The second-order valence-electron chi connectivity index (χ2n) is 10.2. The van der Waals surface area contributed by atoms with E-state index in [0.717, 1.165) is 11.7 Å². The van der Waals surface area contributed by atoms with Gasteiger partial charge in [-0.1, -0.05) is 32.6 Å². The van der Waals surface area contributed by atoms with Gasteiger partial charge in [-0.05, 0) is 40.5 Å². The number of fused-ring (bicyclic) bond motifs is 1. The highest BCUT2D eigenvalue weighted by atomic mass is 79.9. The smallest absolute Gasteiger partial charge is 0.225 e. The van der Waals surface area contributed by atoms with E-state index in [9.17, 15) is 9.18 Å². The van der Waals surface area contributed by atoms with Crippen LogP contribution in [-0.2, 0) is 20.9 Å². The fourth-order valence-electron chi connectivity index (χ4n) is 4.07. The summed E-state index contributed by atoms with van der Waals surface area (Å²) in [6, 6.07) is 5.60. The first-order valence-electron chi connectivity index (χ1n) is 12.0. The van der Waals surface area contributed by atoms with Gasteiger partial charge in [-0.15, -0.1) is 21.6 Å². The van der Waals surface area contributed by atoms with Crippen molar-refractivity contribution in [3.05, 3.63) is 62.6 Å². The third kappa shape index (κ3) is 5.70. The fraction of sp³-hybridized carbons (Fsp3) is 0.480. The summed E-state index contributed by atoms with van der Waals surface area (Å²) in [5, 5.41) is 9.04. The zero-order valence-electron chi connectivity index (χ0n) is 21.1. The van der Waals surface area contributed by atoms with Crippen LogP contribution in [0.1, 0.15) is 36.8 Å². The van der Waals surface area contributed by atoms with E-state index in [0.29, 0.717) is 47.6 Å². The van der Waals surface area contributed by atoms with Crippen molar-refractivity contribution in [2.45, 2.75) is 58.0 Å². The van der Waals surface area contributed by atoms with Crippen LogP contribution in [0, 0.1) is 5.82 Å². The Morgan fingerprint density at radius 1 is 1.31 bits per heavy atom. The van der Waals surface area contributed by atoms with Crippen molar-refractivity contribution in [1.29, 1.82) is 0 Å². The minimum absolute atomic E-state index is 0.0112. The highest BCUT2D eigenvalue weighted by Gasteiger charge is 2.25. The lowest BCUT2D eigenvalue weighted by molar-refractivity contribution is -0.0464. The highest BCUT2D eigenvalue weighted by Crippen LogP contribution is 2.30. The zero-order chi connectivity index (χ0) is 26.0. The molecule has 4 rings (SSSR count). The van der Waals surface area contributed by atoms with Gasteiger partial charge in [-0.2, -0.15) is 0 Å². The van der Waals surface area contributed by atoms with Gasteiger partial charge in [0.05, 0.1) is 23.4 Å². The molecule has 3 aromatic rings. The summed E-state index contributed by atoms with van der Waals surface area (Å²) < 4.78 is 34.1. The van der Waals surface area contributed by atoms with E-state index in [1.807, 2.05) is 17.6 Å². The number of ether oxygens (including phenoxy) is 3. The van der Waals surface area contributed by atoms with Crippen LogP contribution in [0.2, 0.25) is 25.7 Å². The average molecular weight is 580 g/mol. The first-order valence-corrected chi connectivity index (χ1v) is 16.5. The van der Waals surface area contributed by atoms with Crippen LogP contribution in [0.5, 0.6) is 0 Å². The molecule has 3 heterocycles. The van der Waals surface area contributed by atoms with Crippen molar-refractivity contribution < 1.29 is 18.6 Å². The Hall–Kier alpha value is -2.18. The minimum Gasteiger partial charge on any atom is -0.361 e. The van der Waals surface area contributed by atoms with Gasteiger partial charge in [0.2, 0.25) is 5.43 Å². The normalized spacial score (nSPS) is 15.6. The minimum atomic E-state index is -1.27. The molecule has 0 spiro atoms. The molecule has 11 heteroatoms. The highest BCUT2D eigenvalue weighted by molar-refractivity contribution is 9.10. The van der Waals surface area contributed by atoms with Gasteiger partial charge in [0, 0.05) is 37.9 Å². The van der Waals surface area contributed by atoms with Crippen LogP contribution < -0.4 is 5.43 Å². The molecule has 1 fully saturated rings. The molecule has 36 heavy (non-hydrogen) atoms. The Labute approximate surface area is 219 Å². The molecule has 1 atom stereocenters. The van der Waals surface area contributed by atoms with Gasteiger partial charge in [0.25, 0.3) is 0 Å². The van der Waals surface area contributed by atoms with Crippen LogP contribution in [0.15, 0.2) is 40.1 Å². The summed E-state index contributed by atoms with van der Waals surface area (Å²) >= 11 is 3.51. The summed E-state index contributed by atoms with van der Waals surface area (Å²) in [6.45, 7) is 14.4. The molecule has 0 N–H and O–H groups in total. The maximum absolute atomic E-state index is 14.9. The molecule has 1 aliphatic heterocycles. The van der Waals surface area contributed by atoms with Crippen molar-refractivity contribution in [2.24, 2.45) is 0 Å². The van der Waals surface area contributed by atoms with Crippen molar-refractivity contribution in [3.63, 3.8) is 0 Å². The van der Waals surface area contributed by atoms with Crippen molar-refractivity contribution >= 4 is 35.2 Å². The summed E-state index contributed by atoms with van der Waals surface area (Å²) in [5.41, 5.74) is 1.75. The van der Waals surface area contributed by atoms with Crippen molar-refractivity contribution in [1.82, 2.24) is 19.6 Å². The van der Waals surface area contributed by atoms with Crippen LogP contribution in [-0.4, -0.2) is 47.5 Å². The largest absolute Gasteiger partial charge is 0.361 e. The molecule has 1 unspecified atom stereocenters. The van der Waals surface area contributed by atoms with Crippen LogP contribution in [0.3, 0.4) is 0 Å². The number of hydrogen-bond acceptors (Lipinski definition) is 6. The third-order valence-corrected chi connectivity index (χ3v) is 8.55. The predicted octanol–water partition coefficient (Wildman–Crippen LogP) is 5.52. The monoisotopic (exact) mass is 578 g/mol. The molecule has 2 aromatic heterocycles. The maximum atomic E-state index is 14.9. The summed E-state index contributed by atoms with van der Waals surface area (Å²) in [4.78, 5) is 14.5. The quantitative estimate of drug-likeness (QED) is 0.179. The summed E-state index contributed by atoms with van der Waals surface area (Å²) in [7, 11) is -1.27. The molecule has 0 bridgehead atoms. The lowest BCUT2D eigenvalue weighted by Gasteiger charge is -2.21. The van der Waals surface area contributed by atoms with Gasteiger partial charge in [0.1, 0.15) is 12.5 Å². The Kier molecular flexibility index (Phi) is 8.25. The topological polar surface area (TPSA) is 80.4 Å². The van der Waals surface area contributed by atoms with E-state index < -0.39 is 20.2 Å². The number of nitrogens with zero attached hydrogens (tertiary/aromatic N) is 4. The van der Waals surface area contributed by atoms with E-state index in [1.54, 1.807) is 12.1 Å². The van der Waals surface area contributed by atoms with Crippen molar-refractivity contribution in [2.75, 3.05) is 19.8 Å². The van der Waals surface area contributed by atoms with Gasteiger partial charge >= 0.3 is 0 Å². The predicted molar refractivity (Wildman–Crippen MR) is 143 cm³/mol. The molecule has 0 aliphatic carbocycles. The number of hydrogen-bond donors (Lipinski definition) is 0. The molecule has 0 amide bonds. The summed E-state index contributed by atoms with van der Waals surface area (Å²) in [5.74, 6) is -0.505. The Morgan fingerprint density at radius 2 is 2.03 bits per heavy atom. The molecule has 194 valence electrons. The van der Waals surface area contributed by atoms with E-state index in [-0.39, 0.29) is 23.6 Å². The SMILES string of the molecule is C=CCC(C)c1c(Br)c(=O)c2nn(-c3ccc(C4OCCO4)c(F)c3)nc2n1COCC[Si](C)(C)C. The van der Waals surface area contributed by atoms with E-state index in [2.05, 4.69) is 52.3 Å². The van der Waals surface area contributed by atoms with E-state index in [4.69, 9.17) is 14.2 Å². The standard InChI is InChI=1S/C25H32BrFN4O4Si/c1-6-7-16(2)22-20(26)23(32)21-24(30(22)15-33-12-13-36(3,4)5)29-31(28-21)17-8-9-18(19(27)14-17)25-34-10-11-35-25/h6,8-9,14,16,25H,1,7,10-13,15H2,2-5H3. The second kappa shape index (κ2) is 11.1. The molecule has 1 saturated heterocycles. The lowest BCUT2D eigenvalue weighted by Crippen LogP contribution is -2.23. The molecular formula is C25H32BrFN4O4Si. The number of benzene rings is 1. The lowest BCUT2D eigenvalue weighted by atomic mass is 10.0. The molecular weight excluding hydrogens is 547 g/mol. The Bertz CT molecular complexity index is 1310. The van der Waals surface area contributed by atoms with Crippen LogP contribution >= 0.6 is 15.9 Å². The number of allylic oxidation sites excluding steroid dienone is 1. The molecule has 0 radical (unpaired) electrons. The molecule has 8 nitrogen and oxygen atoms in total. The fourth-order valence-corrected chi connectivity index (χ4v) is 5.62. The number of aromatic nitrogens is 4. The van der Waals surface area contributed by atoms with Crippen LogP contribution in [0.4, 0.5) is 4.39 Å². The first-order chi connectivity index (χ1) is 17.1. The van der Waals surface area contributed by atoms with Crippen LogP contribution in [0.25, 0.3) is 16.9 Å². The zero-order valence-corrected chi connectivity index (χ0v) is 23.7. The number of pyridine rings is 1. The number of rotatable bonds is 10. The second-order valence-corrected chi connectivity index (χ2v) is 16.6. The Balaban J connectivity index is 1.76. The van der Waals surface area contributed by atoms with Crippen molar-refractivity contribution in [3.8, 4) is 5.69 Å². The number of halogens is 2. The molecule has 1 aromatic carbocycles. The summed E-state index contributed by atoms with van der Waals surface area (Å²) in [6.07, 6.45) is 1.77. The van der Waals surface area contributed by atoms with Gasteiger partial charge < -0.3 is 18.8 Å². The third-order valence-electron chi connectivity index (χ3n) is 6.08. The maximum Gasteiger partial charge on any atom is 0.225 e. The van der Waals surface area contributed by atoms with Gasteiger partial charge in [-0.25, -0.2) is 4.39 Å². The Morgan fingerprint density at radius 3 is 2.67 bits per heavy atom. The van der Waals surface area contributed by atoms with Gasteiger partial charge in [0.15, 0.2) is 17.5 Å². The van der Waals surface area contributed by atoms with E-state index >= 15 is 0 Å². The molecule has 0 saturated carbocycles. The van der Waals surface area contributed by atoms with E-state index in [1.165, 1.54) is 10.9 Å². The van der Waals surface area contributed by atoms with Gasteiger partial charge in [-0.3, -0.25) is 4.79 Å². The average Bonchev–Trinajstić information content (AvgIpc) is 3.50. The first kappa shape index (κ1) is 26.9.